The lowest BCUT2D eigenvalue weighted by molar-refractivity contribution is 0.332. The zero-order valence-electron chi connectivity index (χ0n) is 43.6. The summed E-state index contributed by atoms with van der Waals surface area (Å²) < 4.78 is 14.2. The highest BCUT2D eigenvalue weighted by Crippen LogP contribution is 2.53. The molecule has 352 valence electrons. The average Bonchev–Trinajstić information content (AvgIpc) is 3.76. The van der Waals surface area contributed by atoms with Crippen molar-refractivity contribution in [2.45, 2.75) is 149 Å². The van der Waals surface area contributed by atoms with Crippen molar-refractivity contribution in [2.75, 3.05) is 9.80 Å². The standard InChI is InChI=1S/C63H66B2N2O2S/c1-14-59(4,5)55-34-47-58(70-55)69-54-30-37(3)28-51-57(54)65(47)46-33-45-48(35-49(46)67(51)39-20-22-41-43(32-39)63(12,13)26-24-61(41,8)9)66(38-19-21-40-42(31-38)62(10,11)25-23-60(40,6)7)50-27-36(2)29-53-56(50)64(45)44-17-15-16-18-52(44)68-53/h15-22,27-35H,14,23-26H2,1-13H3. The van der Waals surface area contributed by atoms with Crippen molar-refractivity contribution in [3.8, 4) is 22.3 Å². The zero-order valence-corrected chi connectivity index (χ0v) is 44.4. The Morgan fingerprint density at radius 1 is 0.500 bits per heavy atom. The van der Waals surface area contributed by atoms with Crippen LogP contribution in [0.15, 0.2) is 103 Å². The fourth-order valence-electron chi connectivity index (χ4n) is 13.5. The summed E-state index contributed by atoms with van der Waals surface area (Å²) in [4.78, 5) is 6.62. The number of benzene rings is 6. The van der Waals surface area contributed by atoms with Gasteiger partial charge in [-0.2, -0.15) is 0 Å². The molecular weight excluding hydrogens is 870 g/mol. The number of nitrogens with zero attached hydrogens (tertiary/aromatic N) is 2. The van der Waals surface area contributed by atoms with Crippen LogP contribution in [0.25, 0.3) is 0 Å². The van der Waals surface area contributed by atoms with E-state index in [0.29, 0.717) is 0 Å². The molecule has 0 atom stereocenters. The van der Waals surface area contributed by atoms with Gasteiger partial charge in [-0.05, 0) is 206 Å². The average molecular weight is 937 g/mol. The molecule has 13 rings (SSSR count). The summed E-state index contributed by atoms with van der Waals surface area (Å²) in [5, 5.41) is 1.03. The quantitative estimate of drug-likeness (QED) is 0.164. The summed E-state index contributed by atoms with van der Waals surface area (Å²) >= 11 is 1.85. The van der Waals surface area contributed by atoms with Crippen LogP contribution in [-0.4, -0.2) is 13.4 Å². The summed E-state index contributed by atoms with van der Waals surface area (Å²) in [6.45, 7) is 31.0. The second kappa shape index (κ2) is 14.5. The lowest BCUT2D eigenvalue weighted by atomic mass is 9.31. The molecule has 7 aromatic rings. The van der Waals surface area contributed by atoms with E-state index in [2.05, 4.69) is 203 Å². The Hall–Kier alpha value is -5.65. The van der Waals surface area contributed by atoms with E-state index in [4.69, 9.17) is 9.47 Å². The van der Waals surface area contributed by atoms with Crippen LogP contribution < -0.4 is 52.1 Å². The van der Waals surface area contributed by atoms with Crippen molar-refractivity contribution >= 4 is 91.7 Å². The van der Waals surface area contributed by atoms with Crippen molar-refractivity contribution in [1.29, 1.82) is 0 Å². The molecule has 0 bridgehead atoms. The highest BCUT2D eigenvalue weighted by atomic mass is 32.1. The van der Waals surface area contributed by atoms with Crippen LogP contribution >= 0.6 is 11.3 Å². The van der Waals surface area contributed by atoms with E-state index in [9.17, 15) is 0 Å². The molecule has 6 aliphatic rings. The minimum Gasteiger partial charge on any atom is -0.458 e. The number of fused-ring (bicyclic) bond motifs is 10. The van der Waals surface area contributed by atoms with E-state index in [1.165, 1.54) is 118 Å². The highest BCUT2D eigenvalue weighted by Gasteiger charge is 2.49. The first kappa shape index (κ1) is 44.3. The predicted octanol–water partition coefficient (Wildman–Crippen LogP) is 13.6. The number of rotatable bonds is 4. The van der Waals surface area contributed by atoms with Gasteiger partial charge >= 0.3 is 0 Å². The molecule has 5 heterocycles. The van der Waals surface area contributed by atoms with Gasteiger partial charge in [0, 0.05) is 39.0 Å². The van der Waals surface area contributed by atoms with E-state index in [1.54, 1.807) is 0 Å². The molecule has 0 saturated heterocycles. The monoisotopic (exact) mass is 937 g/mol. The Balaban J connectivity index is 1.15. The van der Waals surface area contributed by atoms with Gasteiger partial charge in [0.1, 0.15) is 17.2 Å². The molecule has 0 fully saturated rings. The maximum atomic E-state index is 7.18. The third-order valence-corrected chi connectivity index (χ3v) is 19.7. The normalized spacial score (nSPS) is 18.8. The van der Waals surface area contributed by atoms with Gasteiger partial charge in [-0.1, -0.05) is 113 Å². The van der Waals surface area contributed by atoms with Crippen molar-refractivity contribution in [2.24, 2.45) is 0 Å². The minimum atomic E-state index is -0.0319. The Kier molecular flexibility index (Phi) is 9.17. The minimum absolute atomic E-state index is 0.0165. The van der Waals surface area contributed by atoms with E-state index >= 15 is 0 Å². The topological polar surface area (TPSA) is 24.9 Å². The predicted molar refractivity (Wildman–Crippen MR) is 299 cm³/mol. The van der Waals surface area contributed by atoms with Gasteiger partial charge in [0.15, 0.2) is 5.06 Å². The van der Waals surface area contributed by atoms with Crippen LogP contribution in [0.3, 0.4) is 0 Å². The number of para-hydroxylation sites is 1. The second-order valence-corrected chi connectivity index (χ2v) is 26.2. The van der Waals surface area contributed by atoms with Gasteiger partial charge < -0.3 is 19.3 Å². The molecule has 2 aliphatic carbocycles. The molecule has 0 N–H and O–H groups in total. The van der Waals surface area contributed by atoms with E-state index in [0.717, 1.165) is 41.6 Å². The third kappa shape index (κ3) is 6.21. The first-order valence-corrected chi connectivity index (χ1v) is 26.9. The van der Waals surface area contributed by atoms with Crippen LogP contribution in [0.4, 0.5) is 34.1 Å². The first-order chi connectivity index (χ1) is 33.2. The smallest absolute Gasteiger partial charge is 0.257 e. The lowest BCUT2D eigenvalue weighted by Crippen LogP contribution is -2.63. The van der Waals surface area contributed by atoms with E-state index in [1.807, 2.05) is 11.3 Å². The summed E-state index contributed by atoms with van der Waals surface area (Å²) in [5.41, 5.74) is 23.5. The molecule has 4 nitrogen and oxygen atoms in total. The molecule has 0 amide bonds. The van der Waals surface area contributed by atoms with Crippen LogP contribution in [0.5, 0.6) is 22.3 Å². The summed E-state index contributed by atoms with van der Waals surface area (Å²) in [6.07, 6.45) is 5.73. The molecule has 0 unspecified atom stereocenters. The zero-order chi connectivity index (χ0) is 48.8. The van der Waals surface area contributed by atoms with Crippen LogP contribution in [0.1, 0.15) is 147 Å². The molecule has 1 aromatic heterocycles. The molecular formula is C63H66B2N2O2S. The lowest BCUT2D eigenvalue weighted by Gasteiger charge is -2.46. The SMILES string of the molecule is CCC(C)(C)c1cc2c(s1)Oc1cc(C)cc3c1B2c1cc2c(cc1N3c1ccc3c(c1)C(C)(C)CCC3(C)C)N(c1ccc3c(c1)C(C)(C)CCC3(C)C)c1cc(C)cc3c1B2c1ccccc1O3. The van der Waals surface area contributed by atoms with Crippen molar-refractivity contribution in [3.63, 3.8) is 0 Å². The first-order valence-electron chi connectivity index (χ1n) is 26.1. The number of anilines is 6. The van der Waals surface area contributed by atoms with Crippen LogP contribution in [-0.2, 0) is 27.1 Å². The van der Waals surface area contributed by atoms with Gasteiger partial charge in [0.2, 0.25) is 0 Å². The molecule has 7 heteroatoms. The highest BCUT2D eigenvalue weighted by molar-refractivity contribution is 7.17. The Labute approximate surface area is 421 Å². The third-order valence-electron chi connectivity index (χ3n) is 18.3. The maximum absolute atomic E-state index is 7.18. The van der Waals surface area contributed by atoms with Crippen molar-refractivity contribution in [3.05, 3.63) is 141 Å². The summed E-state index contributed by atoms with van der Waals surface area (Å²) in [6, 6.07) is 40.8. The second-order valence-electron chi connectivity index (χ2n) is 25.2. The van der Waals surface area contributed by atoms with E-state index < -0.39 is 0 Å². The molecule has 0 saturated carbocycles. The van der Waals surface area contributed by atoms with Gasteiger partial charge in [-0.25, -0.2) is 0 Å². The van der Waals surface area contributed by atoms with E-state index in [-0.39, 0.29) is 40.5 Å². The molecule has 0 radical (unpaired) electrons. The van der Waals surface area contributed by atoms with Crippen LogP contribution in [0.2, 0.25) is 0 Å². The maximum Gasteiger partial charge on any atom is 0.257 e. The summed E-state index contributed by atoms with van der Waals surface area (Å²) in [5.74, 6) is 2.87. The molecule has 70 heavy (non-hydrogen) atoms. The Morgan fingerprint density at radius 2 is 0.986 bits per heavy atom. The van der Waals surface area contributed by atoms with Crippen LogP contribution in [0, 0.1) is 13.8 Å². The van der Waals surface area contributed by atoms with Gasteiger partial charge in [-0.15, -0.1) is 11.3 Å². The van der Waals surface area contributed by atoms with Gasteiger partial charge in [-0.3, -0.25) is 0 Å². The van der Waals surface area contributed by atoms with Crippen molar-refractivity contribution < 1.29 is 9.47 Å². The summed E-state index contributed by atoms with van der Waals surface area (Å²) in [7, 11) is 0. The number of hydrogen-bond acceptors (Lipinski definition) is 5. The number of hydrogen-bond donors (Lipinski definition) is 0. The molecule has 6 aromatic carbocycles. The number of aryl methyl sites for hydroxylation is 2. The number of ether oxygens (including phenoxy) is 2. The molecule has 0 spiro atoms. The van der Waals surface area contributed by atoms with Gasteiger partial charge in [0.25, 0.3) is 13.4 Å². The largest absolute Gasteiger partial charge is 0.458 e. The Morgan fingerprint density at radius 3 is 1.51 bits per heavy atom. The van der Waals surface area contributed by atoms with Crippen molar-refractivity contribution in [1.82, 2.24) is 0 Å². The molecule has 4 aliphatic heterocycles. The van der Waals surface area contributed by atoms with Gasteiger partial charge in [0.05, 0.1) is 0 Å². The fourth-order valence-corrected chi connectivity index (χ4v) is 14.7. The fraction of sp³-hybridized carbons (Fsp3) is 0.365. The Bertz CT molecular complexity index is 3430. The number of thiophene rings is 1.